The molecule has 1 aromatic carbocycles. The smallest absolute Gasteiger partial charge is 0.287 e. The standard InChI is InChI=1S/C13H11IN2O3/c14-9-3-5-10(6-4-9)16-12(17)8-15-13(18)11-2-1-7-19-11/h1-7H,8H2,(H,15,18)(H,16,17). The molecule has 0 aliphatic rings. The van der Waals surface area contributed by atoms with Crippen LogP contribution in [0.25, 0.3) is 0 Å². The van der Waals surface area contributed by atoms with E-state index in [1.165, 1.54) is 12.3 Å². The molecule has 0 fully saturated rings. The molecule has 0 aliphatic carbocycles. The summed E-state index contributed by atoms with van der Waals surface area (Å²) >= 11 is 2.18. The molecule has 0 unspecified atom stereocenters. The van der Waals surface area contributed by atoms with Crippen LogP contribution in [0.2, 0.25) is 0 Å². The molecule has 2 N–H and O–H groups in total. The van der Waals surface area contributed by atoms with Gasteiger partial charge in [-0.15, -0.1) is 0 Å². The van der Waals surface area contributed by atoms with Gasteiger partial charge in [-0.3, -0.25) is 9.59 Å². The Bertz CT molecular complexity index is 564. The number of rotatable bonds is 4. The zero-order chi connectivity index (χ0) is 13.7. The number of hydrogen-bond donors (Lipinski definition) is 2. The summed E-state index contributed by atoms with van der Waals surface area (Å²) in [5, 5.41) is 5.15. The fourth-order valence-corrected chi connectivity index (χ4v) is 1.75. The normalized spacial score (nSPS) is 9.95. The van der Waals surface area contributed by atoms with E-state index in [1.807, 2.05) is 12.1 Å². The first kappa shape index (κ1) is 13.6. The zero-order valence-electron chi connectivity index (χ0n) is 9.85. The maximum absolute atomic E-state index is 11.6. The molecule has 2 aromatic rings. The molecular weight excluding hydrogens is 359 g/mol. The Morgan fingerprint density at radius 1 is 1.16 bits per heavy atom. The summed E-state index contributed by atoms with van der Waals surface area (Å²) in [6.07, 6.45) is 1.40. The molecule has 1 aromatic heterocycles. The molecule has 98 valence electrons. The first-order valence-electron chi connectivity index (χ1n) is 5.52. The van der Waals surface area contributed by atoms with Gasteiger partial charge in [0.05, 0.1) is 12.8 Å². The lowest BCUT2D eigenvalue weighted by atomic mass is 10.3. The molecule has 19 heavy (non-hydrogen) atoms. The highest BCUT2D eigenvalue weighted by Gasteiger charge is 2.10. The van der Waals surface area contributed by atoms with Crippen molar-refractivity contribution in [2.75, 3.05) is 11.9 Å². The molecule has 0 saturated heterocycles. The predicted octanol–water partition coefficient (Wildman–Crippen LogP) is 2.25. The Kier molecular flexibility index (Phi) is 4.56. The summed E-state index contributed by atoms with van der Waals surface area (Å²) in [6, 6.07) is 10.5. The van der Waals surface area contributed by atoms with E-state index in [0.29, 0.717) is 5.69 Å². The van der Waals surface area contributed by atoms with Crippen LogP contribution in [0.1, 0.15) is 10.6 Å². The summed E-state index contributed by atoms with van der Waals surface area (Å²) in [6.45, 7) is -0.106. The molecule has 5 nitrogen and oxygen atoms in total. The van der Waals surface area contributed by atoms with E-state index in [2.05, 4.69) is 33.2 Å². The van der Waals surface area contributed by atoms with Crippen molar-refractivity contribution in [2.45, 2.75) is 0 Å². The maximum Gasteiger partial charge on any atom is 0.287 e. The van der Waals surface area contributed by atoms with Crippen molar-refractivity contribution in [3.63, 3.8) is 0 Å². The zero-order valence-corrected chi connectivity index (χ0v) is 12.0. The van der Waals surface area contributed by atoms with Crippen LogP contribution in [0.3, 0.4) is 0 Å². The van der Waals surface area contributed by atoms with E-state index in [4.69, 9.17) is 4.42 Å². The Morgan fingerprint density at radius 3 is 2.53 bits per heavy atom. The van der Waals surface area contributed by atoms with Crippen molar-refractivity contribution in [2.24, 2.45) is 0 Å². The average Bonchev–Trinajstić information content (AvgIpc) is 2.93. The monoisotopic (exact) mass is 370 g/mol. The van der Waals surface area contributed by atoms with Crippen molar-refractivity contribution in [1.29, 1.82) is 0 Å². The highest BCUT2D eigenvalue weighted by Crippen LogP contribution is 2.10. The number of carbonyl (C=O) groups excluding carboxylic acids is 2. The highest BCUT2D eigenvalue weighted by atomic mass is 127. The van der Waals surface area contributed by atoms with Gasteiger partial charge >= 0.3 is 0 Å². The van der Waals surface area contributed by atoms with Gasteiger partial charge in [0.15, 0.2) is 5.76 Å². The second-order valence-electron chi connectivity index (χ2n) is 3.72. The molecule has 2 amide bonds. The minimum atomic E-state index is -0.414. The second-order valence-corrected chi connectivity index (χ2v) is 4.96. The summed E-state index contributed by atoms with van der Waals surface area (Å²) in [7, 11) is 0. The second kappa shape index (κ2) is 6.37. The lowest BCUT2D eigenvalue weighted by molar-refractivity contribution is -0.115. The van der Waals surface area contributed by atoms with E-state index in [-0.39, 0.29) is 18.2 Å². The Morgan fingerprint density at radius 2 is 1.89 bits per heavy atom. The van der Waals surface area contributed by atoms with Crippen LogP contribution in [0.5, 0.6) is 0 Å². The SMILES string of the molecule is O=C(CNC(=O)c1ccco1)Nc1ccc(I)cc1. The number of anilines is 1. The van der Waals surface area contributed by atoms with Gasteiger partial charge in [0.25, 0.3) is 5.91 Å². The van der Waals surface area contributed by atoms with Gasteiger partial charge in [-0.05, 0) is 59.0 Å². The minimum Gasteiger partial charge on any atom is -0.459 e. The van der Waals surface area contributed by atoms with Gasteiger partial charge in [0.2, 0.25) is 5.91 Å². The first-order chi connectivity index (χ1) is 9.15. The molecule has 1 heterocycles. The van der Waals surface area contributed by atoms with E-state index in [0.717, 1.165) is 3.57 Å². The summed E-state index contributed by atoms with van der Waals surface area (Å²) in [4.78, 5) is 23.1. The third kappa shape index (κ3) is 4.09. The molecule has 0 atom stereocenters. The molecule has 0 aliphatic heterocycles. The van der Waals surface area contributed by atoms with Crippen molar-refractivity contribution in [3.8, 4) is 0 Å². The van der Waals surface area contributed by atoms with Crippen molar-refractivity contribution in [1.82, 2.24) is 5.32 Å². The van der Waals surface area contributed by atoms with Crippen LogP contribution in [0.15, 0.2) is 47.1 Å². The van der Waals surface area contributed by atoms with Crippen molar-refractivity contribution < 1.29 is 14.0 Å². The summed E-state index contributed by atoms with van der Waals surface area (Å²) in [5.74, 6) is -0.522. The third-order valence-corrected chi connectivity index (χ3v) is 3.00. The molecule has 0 spiro atoms. The van der Waals surface area contributed by atoms with Crippen molar-refractivity contribution >= 4 is 40.1 Å². The van der Waals surface area contributed by atoms with Crippen molar-refractivity contribution in [3.05, 3.63) is 52.0 Å². The summed E-state index contributed by atoms with van der Waals surface area (Å²) < 4.78 is 6.00. The highest BCUT2D eigenvalue weighted by molar-refractivity contribution is 14.1. The molecule has 2 rings (SSSR count). The van der Waals surface area contributed by atoms with E-state index in [9.17, 15) is 9.59 Å². The molecule has 6 heteroatoms. The fourth-order valence-electron chi connectivity index (χ4n) is 1.39. The molecule has 0 radical (unpaired) electrons. The fraction of sp³-hybridized carbons (Fsp3) is 0.0769. The van der Waals surface area contributed by atoms with Gasteiger partial charge in [0, 0.05) is 9.26 Å². The Balaban J connectivity index is 1.82. The first-order valence-corrected chi connectivity index (χ1v) is 6.60. The van der Waals surface area contributed by atoms with Crippen LogP contribution >= 0.6 is 22.6 Å². The Hall–Kier alpha value is -1.83. The van der Waals surface area contributed by atoms with Gasteiger partial charge < -0.3 is 15.1 Å². The number of nitrogens with one attached hydrogen (secondary N) is 2. The van der Waals surface area contributed by atoms with E-state index in [1.54, 1.807) is 18.2 Å². The van der Waals surface area contributed by atoms with Crippen LogP contribution < -0.4 is 10.6 Å². The van der Waals surface area contributed by atoms with Gasteiger partial charge in [0.1, 0.15) is 0 Å². The molecule has 0 bridgehead atoms. The van der Waals surface area contributed by atoms with Crippen LogP contribution in [-0.2, 0) is 4.79 Å². The Labute approximate surface area is 123 Å². The van der Waals surface area contributed by atoms with Gasteiger partial charge in [-0.25, -0.2) is 0 Å². The largest absolute Gasteiger partial charge is 0.459 e. The maximum atomic E-state index is 11.6. The van der Waals surface area contributed by atoms with Gasteiger partial charge in [-0.1, -0.05) is 0 Å². The van der Waals surface area contributed by atoms with Gasteiger partial charge in [-0.2, -0.15) is 0 Å². The topological polar surface area (TPSA) is 71.3 Å². The number of benzene rings is 1. The molecule has 0 saturated carbocycles. The minimum absolute atomic E-state index is 0.106. The number of hydrogen-bond acceptors (Lipinski definition) is 3. The van der Waals surface area contributed by atoms with Crippen LogP contribution in [0.4, 0.5) is 5.69 Å². The van der Waals surface area contributed by atoms with E-state index >= 15 is 0 Å². The van der Waals surface area contributed by atoms with E-state index < -0.39 is 5.91 Å². The number of halogens is 1. The quantitative estimate of drug-likeness (QED) is 0.812. The average molecular weight is 370 g/mol. The number of amides is 2. The lowest BCUT2D eigenvalue weighted by Gasteiger charge is -2.06. The third-order valence-electron chi connectivity index (χ3n) is 2.28. The summed E-state index contributed by atoms with van der Waals surface area (Å²) in [5.41, 5.74) is 0.692. The predicted molar refractivity (Wildman–Crippen MR) is 78.8 cm³/mol. The molecular formula is C13H11IN2O3. The number of furan rings is 1. The van der Waals surface area contributed by atoms with Crippen LogP contribution in [0, 0.1) is 3.57 Å². The number of carbonyl (C=O) groups is 2. The lowest BCUT2D eigenvalue weighted by Crippen LogP contribution is -2.32. The van der Waals surface area contributed by atoms with Crippen LogP contribution in [-0.4, -0.2) is 18.4 Å².